The summed E-state index contributed by atoms with van der Waals surface area (Å²) < 4.78 is 2.06. The lowest BCUT2D eigenvalue weighted by atomic mass is 10.1. The van der Waals surface area contributed by atoms with Crippen molar-refractivity contribution in [1.29, 1.82) is 0 Å². The van der Waals surface area contributed by atoms with Gasteiger partial charge in [0.05, 0.1) is 16.0 Å². The van der Waals surface area contributed by atoms with Crippen molar-refractivity contribution < 1.29 is 4.79 Å². The number of carbonyl (C=O) groups excluding carboxylic acids is 1. The number of para-hydroxylation sites is 1. The Morgan fingerprint density at radius 1 is 0.893 bits per heavy atom. The third-order valence-electron chi connectivity index (χ3n) is 4.06. The molecule has 0 aliphatic carbocycles. The van der Waals surface area contributed by atoms with E-state index in [1.54, 1.807) is 11.3 Å². The largest absolute Gasteiger partial charge is 0.325 e. The van der Waals surface area contributed by atoms with Gasteiger partial charge in [-0.05, 0) is 35.4 Å². The minimum Gasteiger partial charge on any atom is -0.325 e. The zero-order chi connectivity index (χ0) is 19.2. The highest BCUT2D eigenvalue weighted by Crippen LogP contribution is 2.29. The molecule has 4 rings (SSSR count). The molecule has 0 saturated carbocycles. The van der Waals surface area contributed by atoms with Crippen LogP contribution in [0.2, 0.25) is 0 Å². The maximum Gasteiger partial charge on any atom is 0.234 e. The van der Waals surface area contributed by atoms with Crippen molar-refractivity contribution in [2.75, 3.05) is 11.1 Å². The fourth-order valence-corrected chi connectivity index (χ4v) is 4.54. The number of benzene rings is 3. The van der Waals surface area contributed by atoms with E-state index in [4.69, 9.17) is 0 Å². The van der Waals surface area contributed by atoms with Crippen LogP contribution in [0.3, 0.4) is 0 Å². The van der Waals surface area contributed by atoms with E-state index >= 15 is 0 Å². The van der Waals surface area contributed by atoms with Crippen LogP contribution in [0.5, 0.6) is 0 Å². The molecule has 0 aliphatic heterocycles. The zero-order valence-electron chi connectivity index (χ0n) is 15.0. The maximum atomic E-state index is 12.2. The summed E-state index contributed by atoms with van der Waals surface area (Å²) >= 11 is 3.08. The summed E-state index contributed by atoms with van der Waals surface area (Å²) in [5.41, 5.74) is 4.03. The molecule has 28 heavy (non-hydrogen) atoms. The third kappa shape index (κ3) is 4.88. The summed E-state index contributed by atoms with van der Waals surface area (Å²) in [7, 11) is 0. The molecule has 0 bridgehead atoms. The molecule has 0 atom stereocenters. The molecule has 138 valence electrons. The van der Waals surface area contributed by atoms with Crippen molar-refractivity contribution in [3.8, 4) is 0 Å². The second-order valence-electron chi connectivity index (χ2n) is 6.15. The number of carbonyl (C=O) groups is 1. The molecular formula is C23H18N2OS2. The van der Waals surface area contributed by atoms with Gasteiger partial charge < -0.3 is 5.32 Å². The van der Waals surface area contributed by atoms with Crippen LogP contribution >= 0.6 is 23.1 Å². The summed E-state index contributed by atoms with van der Waals surface area (Å²) in [6.45, 7) is 0. The molecule has 1 heterocycles. The lowest BCUT2D eigenvalue weighted by Gasteiger charge is -2.04. The Labute approximate surface area is 172 Å². The summed E-state index contributed by atoms with van der Waals surface area (Å²) in [6.07, 6.45) is 4.13. The molecule has 0 unspecified atom stereocenters. The smallest absolute Gasteiger partial charge is 0.234 e. The fourth-order valence-electron chi connectivity index (χ4n) is 2.67. The molecule has 3 aromatic carbocycles. The highest BCUT2D eigenvalue weighted by Gasteiger charge is 2.08. The van der Waals surface area contributed by atoms with Crippen LogP contribution < -0.4 is 5.32 Å². The average molecular weight is 403 g/mol. The number of anilines is 1. The van der Waals surface area contributed by atoms with Crippen LogP contribution in [0.1, 0.15) is 11.1 Å². The van der Waals surface area contributed by atoms with E-state index < -0.39 is 0 Å². The number of rotatable bonds is 6. The Kier molecular flexibility index (Phi) is 5.85. The van der Waals surface area contributed by atoms with Gasteiger partial charge >= 0.3 is 0 Å². The highest BCUT2D eigenvalue weighted by molar-refractivity contribution is 8.01. The Morgan fingerprint density at radius 3 is 2.32 bits per heavy atom. The Hall–Kier alpha value is -2.89. The number of thiazole rings is 1. The Morgan fingerprint density at radius 2 is 1.57 bits per heavy atom. The number of thioether (sulfide) groups is 1. The SMILES string of the molecule is O=C(CSc1nc2ccccc2s1)Nc1ccc(C=Cc2ccccc2)cc1. The molecule has 5 heteroatoms. The summed E-state index contributed by atoms with van der Waals surface area (Å²) in [5, 5.41) is 2.94. The molecule has 1 amide bonds. The van der Waals surface area contributed by atoms with Crippen LogP contribution in [0.4, 0.5) is 5.69 Å². The summed E-state index contributed by atoms with van der Waals surface area (Å²) in [5.74, 6) is 0.312. The predicted octanol–water partition coefficient (Wildman–Crippen LogP) is 6.20. The number of nitrogens with zero attached hydrogens (tertiary/aromatic N) is 1. The van der Waals surface area contributed by atoms with Gasteiger partial charge in [-0.15, -0.1) is 11.3 Å². The minimum absolute atomic E-state index is 0.0307. The molecular weight excluding hydrogens is 384 g/mol. The van der Waals surface area contributed by atoms with Gasteiger partial charge in [-0.1, -0.05) is 78.5 Å². The van der Waals surface area contributed by atoms with Crippen LogP contribution in [0, 0.1) is 0 Å². The van der Waals surface area contributed by atoms with Gasteiger partial charge in [0.15, 0.2) is 4.34 Å². The van der Waals surface area contributed by atoms with Gasteiger partial charge in [0.25, 0.3) is 0 Å². The number of hydrogen-bond acceptors (Lipinski definition) is 4. The topological polar surface area (TPSA) is 42.0 Å². The van der Waals surface area contributed by atoms with Gasteiger partial charge in [-0.3, -0.25) is 4.79 Å². The van der Waals surface area contributed by atoms with Gasteiger partial charge in [0.1, 0.15) is 0 Å². The standard InChI is InChI=1S/C23H18N2OS2/c26-22(16-27-23-25-20-8-4-5-9-21(20)28-23)24-19-14-12-18(13-15-19)11-10-17-6-2-1-3-7-17/h1-15H,16H2,(H,24,26). The van der Waals surface area contributed by atoms with Crippen molar-refractivity contribution in [3.05, 3.63) is 90.0 Å². The van der Waals surface area contributed by atoms with Gasteiger partial charge in [0.2, 0.25) is 5.91 Å². The number of nitrogens with one attached hydrogen (secondary N) is 1. The monoisotopic (exact) mass is 402 g/mol. The van der Waals surface area contributed by atoms with E-state index in [0.717, 1.165) is 31.4 Å². The predicted molar refractivity (Wildman–Crippen MR) is 121 cm³/mol. The molecule has 0 fully saturated rings. The third-order valence-corrected chi connectivity index (χ3v) is 6.24. The summed E-state index contributed by atoms with van der Waals surface area (Å²) in [6, 6.07) is 26.0. The van der Waals surface area contributed by atoms with Crippen LogP contribution in [0.25, 0.3) is 22.4 Å². The molecule has 1 N–H and O–H groups in total. The summed E-state index contributed by atoms with van der Waals surface area (Å²) in [4.78, 5) is 16.8. The molecule has 0 saturated heterocycles. The van der Waals surface area contributed by atoms with Crippen LogP contribution in [-0.4, -0.2) is 16.6 Å². The van der Waals surface area contributed by atoms with Crippen molar-refractivity contribution in [2.45, 2.75) is 4.34 Å². The lowest BCUT2D eigenvalue weighted by Crippen LogP contribution is -2.13. The number of amides is 1. The van der Waals surface area contributed by atoms with Crippen LogP contribution in [0.15, 0.2) is 83.2 Å². The van der Waals surface area contributed by atoms with E-state index in [2.05, 4.69) is 34.6 Å². The second-order valence-corrected chi connectivity index (χ2v) is 8.40. The van der Waals surface area contributed by atoms with E-state index in [9.17, 15) is 4.79 Å². The zero-order valence-corrected chi connectivity index (χ0v) is 16.7. The van der Waals surface area contributed by atoms with Crippen LogP contribution in [-0.2, 0) is 4.79 Å². The average Bonchev–Trinajstić information content (AvgIpc) is 3.16. The van der Waals surface area contributed by atoms with Crippen molar-refractivity contribution in [2.24, 2.45) is 0 Å². The quantitative estimate of drug-likeness (QED) is 0.308. The highest BCUT2D eigenvalue weighted by atomic mass is 32.2. The van der Waals surface area contributed by atoms with E-state index in [-0.39, 0.29) is 5.91 Å². The maximum absolute atomic E-state index is 12.2. The molecule has 0 radical (unpaired) electrons. The number of fused-ring (bicyclic) bond motifs is 1. The normalized spacial score (nSPS) is 11.1. The Balaban J connectivity index is 1.31. The first-order valence-electron chi connectivity index (χ1n) is 8.88. The molecule has 0 aliphatic rings. The molecule has 0 spiro atoms. The van der Waals surface area contributed by atoms with Crippen molar-refractivity contribution in [3.63, 3.8) is 0 Å². The van der Waals surface area contributed by atoms with Gasteiger partial charge in [-0.25, -0.2) is 4.98 Å². The first-order valence-corrected chi connectivity index (χ1v) is 10.7. The first kappa shape index (κ1) is 18.5. The fraction of sp³-hybridized carbons (Fsp3) is 0.0435. The van der Waals surface area contributed by atoms with Gasteiger partial charge in [0, 0.05) is 5.69 Å². The molecule has 4 aromatic rings. The minimum atomic E-state index is -0.0307. The van der Waals surface area contributed by atoms with Gasteiger partial charge in [-0.2, -0.15) is 0 Å². The van der Waals surface area contributed by atoms with Crippen molar-refractivity contribution >= 4 is 57.1 Å². The Bertz CT molecular complexity index is 1070. The van der Waals surface area contributed by atoms with E-state index in [1.807, 2.05) is 66.7 Å². The van der Waals surface area contributed by atoms with E-state index in [0.29, 0.717) is 5.75 Å². The lowest BCUT2D eigenvalue weighted by molar-refractivity contribution is -0.113. The number of aromatic nitrogens is 1. The first-order chi connectivity index (χ1) is 13.8. The van der Waals surface area contributed by atoms with E-state index in [1.165, 1.54) is 11.8 Å². The molecule has 1 aromatic heterocycles. The molecule has 3 nitrogen and oxygen atoms in total. The number of hydrogen-bond donors (Lipinski definition) is 1. The second kappa shape index (κ2) is 8.87. The van der Waals surface area contributed by atoms with Crippen molar-refractivity contribution in [1.82, 2.24) is 4.98 Å².